The Morgan fingerprint density at radius 3 is 3.25 bits per heavy atom. The summed E-state index contributed by atoms with van der Waals surface area (Å²) in [6, 6.07) is 0. The molecule has 2 heteroatoms. The van der Waals surface area contributed by atoms with Crippen LogP contribution in [0.4, 0.5) is 0 Å². The van der Waals surface area contributed by atoms with Gasteiger partial charge in [-0.05, 0) is 0 Å². The smallest absolute Gasteiger partial charge is 0.0662 e. The van der Waals surface area contributed by atoms with Gasteiger partial charge in [0.25, 0.3) is 0 Å². The maximum absolute atomic E-state index is 4.05. The van der Waals surface area contributed by atoms with Gasteiger partial charge in [-0.15, -0.1) is 0 Å². The van der Waals surface area contributed by atoms with E-state index in [2.05, 4.69) is 10.3 Å². The van der Waals surface area contributed by atoms with Crippen molar-refractivity contribution in [3.63, 3.8) is 0 Å². The molecule has 0 spiro atoms. The third kappa shape index (κ3) is 0.346. The fourth-order valence-electron chi connectivity index (χ4n) is 0.856. The first kappa shape index (κ1) is 3.89. The zero-order valence-corrected chi connectivity index (χ0v) is 4.33. The standard InChI is InChI=1S/C6H5N2/c1-5-2-8-4-6(5)3-7-1/h1-3H,4H2. The highest BCUT2D eigenvalue weighted by atomic mass is 14.9. The number of rotatable bonds is 0. The summed E-state index contributed by atoms with van der Waals surface area (Å²) in [6.07, 6.45) is 5.57. The number of aliphatic imine (C=N–C) groups is 1. The molecule has 0 N–H and O–H groups in total. The van der Waals surface area contributed by atoms with Crippen LogP contribution in [0.1, 0.15) is 0 Å². The molecule has 2 aliphatic heterocycles. The lowest BCUT2D eigenvalue weighted by atomic mass is 10.2. The van der Waals surface area contributed by atoms with E-state index in [-0.39, 0.29) is 0 Å². The first-order valence-electron chi connectivity index (χ1n) is 2.56. The Morgan fingerprint density at radius 2 is 2.38 bits per heavy atom. The number of hydrogen-bond acceptors (Lipinski definition) is 1. The number of fused-ring (bicyclic) bond motifs is 1. The molecular weight excluding hydrogens is 100 g/mol. The summed E-state index contributed by atoms with van der Waals surface area (Å²) >= 11 is 0. The molecule has 0 saturated carbocycles. The van der Waals surface area contributed by atoms with Gasteiger partial charge in [0.2, 0.25) is 0 Å². The lowest BCUT2D eigenvalue weighted by Crippen LogP contribution is -1.90. The molecule has 1 radical (unpaired) electrons. The van der Waals surface area contributed by atoms with E-state index in [1.54, 1.807) is 0 Å². The van der Waals surface area contributed by atoms with Crippen LogP contribution in [0, 0.1) is 0 Å². The summed E-state index contributed by atoms with van der Waals surface area (Å²) in [4.78, 5) is 3.95. The van der Waals surface area contributed by atoms with Crippen LogP contribution in [0.15, 0.2) is 28.5 Å². The molecular formula is C6H5N2. The van der Waals surface area contributed by atoms with Crippen molar-refractivity contribution in [3.8, 4) is 0 Å². The van der Waals surface area contributed by atoms with E-state index in [9.17, 15) is 0 Å². The van der Waals surface area contributed by atoms with Gasteiger partial charge in [0.15, 0.2) is 0 Å². The minimum Gasteiger partial charge on any atom is -0.288 e. The molecule has 0 saturated heterocycles. The maximum Gasteiger partial charge on any atom is 0.0662 e. The van der Waals surface area contributed by atoms with E-state index >= 15 is 0 Å². The lowest BCUT2D eigenvalue weighted by Gasteiger charge is -1.83. The first-order valence-corrected chi connectivity index (χ1v) is 2.56. The second kappa shape index (κ2) is 1.22. The fourth-order valence-corrected chi connectivity index (χ4v) is 0.856. The van der Waals surface area contributed by atoms with Crippen molar-refractivity contribution >= 4 is 6.21 Å². The van der Waals surface area contributed by atoms with Crippen LogP contribution in [0.5, 0.6) is 0 Å². The normalized spacial score (nSPS) is 22.0. The third-order valence-corrected chi connectivity index (χ3v) is 1.31. The van der Waals surface area contributed by atoms with E-state index in [0.29, 0.717) is 0 Å². The van der Waals surface area contributed by atoms with Crippen LogP contribution in [0.3, 0.4) is 0 Å². The van der Waals surface area contributed by atoms with Crippen molar-refractivity contribution in [2.24, 2.45) is 4.99 Å². The molecule has 39 valence electrons. The third-order valence-electron chi connectivity index (χ3n) is 1.31. The van der Waals surface area contributed by atoms with Crippen molar-refractivity contribution < 1.29 is 0 Å². The molecule has 0 bridgehead atoms. The van der Waals surface area contributed by atoms with Gasteiger partial charge in [0.1, 0.15) is 0 Å². The zero-order valence-electron chi connectivity index (χ0n) is 4.33. The van der Waals surface area contributed by atoms with Gasteiger partial charge in [-0.1, -0.05) is 0 Å². The molecule has 0 fully saturated rings. The molecule has 0 aliphatic carbocycles. The van der Waals surface area contributed by atoms with E-state index in [0.717, 1.165) is 6.54 Å². The average molecular weight is 105 g/mol. The Morgan fingerprint density at radius 1 is 1.38 bits per heavy atom. The van der Waals surface area contributed by atoms with Crippen LogP contribution >= 0.6 is 0 Å². The predicted octanol–water partition coefficient (Wildman–Crippen LogP) is 0.457. The Labute approximate surface area is 47.6 Å². The Kier molecular flexibility index (Phi) is 0.592. The van der Waals surface area contributed by atoms with Crippen molar-refractivity contribution in [1.82, 2.24) is 5.32 Å². The molecule has 2 nitrogen and oxygen atoms in total. The van der Waals surface area contributed by atoms with E-state index < -0.39 is 0 Å². The lowest BCUT2D eigenvalue weighted by molar-refractivity contribution is 0.984. The van der Waals surface area contributed by atoms with Crippen LogP contribution in [0.25, 0.3) is 0 Å². The molecule has 0 unspecified atom stereocenters. The van der Waals surface area contributed by atoms with Crippen LogP contribution in [-0.2, 0) is 0 Å². The molecule has 2 rings (SSSR count). The SMILES string of the molecule is C1=NC=C2C[N]C=C12. The Balaban J connectivity index is 2.49. The quantitative estimate of drug-likeness (QED) is 0.428. The average Bonchev–Trinajstić information content (AvgIpc) is 2.15. The van der Waals surface area contributed by atoms with Crippen LogP contribution in [0.2, 0.25) is 0 Å². The highest BCUT2D eigenvalue weighted by Crippen LogP contribution is 2.16. The minimum absolute atomic E-state index is 0.829. The van der Waals surface area contributed by atoms with Crippen molar-refractivity contribution in [2.75, 3.05) is 6.54 Å². The molecule has 0 aromatic carbocycles. The highest BCUT2D eigenvalue weighted by molar-refractivity contribution is 5.88. The topological polar surface area (TPSA) is 26.5 Å². The van der Waals surface area contributed by atoms with E-state index in [1.165, 1.54) is 11.1 Å². The largest absolute Gasteiger partial charge is 0.288 e. The van der Waals surface area contributed by atoms with Gasteiger partial charge in [0, 0.05) is 29.8 Å². The molecule has 0 aromatic heterocycles. The molecule has 8 heavy (non-hydrogen) atoms. The first-order chi connectivity index (χ1) is 3.97. The fraction of sp³-hybridized carbons (Fsp3) is 0.167. The highest BCUT2D eigenvalue weighted by Gasteiger charge is 2.12. The van der Waals surface area contributed by atoms with Gasteiger partial charge < -0.3 is 0 Å². The van der Waals surface area contributed by atoms with Crippen molar-refractivity contribution in [3.05, 3.63) is 23.5 Å². The van der Waals surface area contributed by atoms with Gasteiger partial charge in [-0.3, -0.25) is 10.3 Å². The van der Waals surface area contributed by atoms with Gasteiger partial charge in [-0.2, -0.15) is 0 Å². The monoisotopic (exact) mass is 105 g/mol. The molecule has 0 aromatic rings. The van der Waals surface area contributed by atoms with Gasteiger partial charge in [0.05, 0.1) is 6.54 Å². The second-order valence-corrected chi connectivity index (χ2v) is 1.86. The van der Waals surface area contributed by atoms with E-state index in [4.69, 9.17) is 0 Å². The molecule has 0 atom stereocenters. The predicted molar refractivity (Wildman–Crippen MR) is 31.7 cm³/mol. The number of nitrogens with zero attached hydrogens (tertiary/aromatic N) is 2. The second-order valence-electron chi connectivity index (χ2n) is 1.86. The summed E-state index contributed by atoms with van der Waals surface area (Å²) < 4.78 is 0. The number of hydrogen-bond donors (Lipinski definition) is 0. The molecule has 0 amide bonds. The van der Waals surface area contributed by atoms with Crippen LogP contribution < -0.4 is 5.32 Å². The summed E-state index contributed by atoms with van der Waals surface area (Å²) in [7, 11) is 0. The Bertz CT molecular complexity index is 199. The van der Waals surface area contributed by atoms with Crippen LogP contribution in [-0.4, -0.2) is 12.8 Å². The summed E-state index contributed by atoms with van der Waals surface area (Å²) in [5, 5.41) is 4.05. The van der Waals surface area contributed by atoms with E-state index in [1.807, 2.05) is 18.6 Å². The van der Waals surface area contributed by atoms with Crippen molar-refractivity contribution in [2.45, 2.75) is 0 Å². The summed E-state index contributed by atoms with van der Waals surface area (Å²) in [5.74, 6) is 0. The molecule has 2 heterocycles. The summed E-state index contributed by atoms with van der Waals surface area (Å²) in [6.45, 7) is 0.829. The van der Waals surface area contributed by atoms with Crippen molar-refractivity contribution in [1.29, 1.82) is 0 Å². The minimum atomic E-state index is 0.829. The van der Waals surface area contributed by atoms with Gasteiger partial charge >= 0.3 is 0 Å². The maximum atomic E-state index is 4.05. The zero-order chi connectivity index (χ0) is 5.40. The Hall–Kier alpha value is -1.05. The molecule has 2 aliphatic rings. The summed E-state index contributed by atoms with van der Waals surface area (Å²) in [5.41, 5.74) is 2.44. The van der Waals surface area contributed by atoms with Gasteiger partial charge in [-0.25, -0.2) is 0 Å².